The average Bonchev–Trinajstić information content (AvgIpc) is 2.30. The second kappa shape index (κ2) is 3.96. The highest BCUT2D eigenvalue weighted by molar-refractivity contribution is 5.78. The van der Waals surface area contributed by atoms with Gasteiger partial charge in [0.1, 0.15) is 5.82 Å². The second-order valence-corrected chi connectivity index (χ2v) is 2.94. The molecule has 0 unspecified atom stereocenters. The van der Waals surface area contributed by atoms with Crippen molar-refractivity contribution in [1.29, 1.82) is 0 Å². The van der Waals surface area contributed by atoms with Gasteiger partial charge in [-0.1, -0.05) is 6.07 Å². The SMILES string of the molecule is O=Cc1cccc(-c2cccnn2)c1F. The van der Waals surface area contributed by atoms with E-state index >= 15 is 0 Å². The molecule has 0 aliphatic rings. The minimum atomic E-state index is -0.562. The summed E-state index contributed by atoms with van der Waals surface area (Å²) in [6.07, 6.45) is 1.99. The lowest BCUT2D eigenvalue weighted by molar-refractivity contribution is 0.112. The van der Waals surface area contributed by atoms with Gasteiger partial charge in [-0.15, -0.1) is 0 Å². The zero-order valence-corrected chi connectivity index (χ0v) is 7.72. The van der Waals surface area contributed by atoms with Crippen molar-refractivity contribution in [3.8, 4) is 11.3 Å². The Labute approximate surface area is 85.6 Å². The molecule has 4 heteroatoms. The maximum absolute atomic E-state index is 13.7. The van der Waals surface area contributed by atoms with Gasteiger partial charge in [0.05, 0.1) is 11.3 Å². The van der Waals surface area contributed by atoms with Crippen LogP contribution in [-0.2, 0) is 0 Å². The molecule has 0 atom stereocenters. The van der Waals surface area contributed by atoms with E-state index in [4.69, 9.17) is 0 Å². The zero-order valence-electron chi connectivity index (χ0n) is 7.72. The van der Waals surface area contributed by atoms with Crippen LogP contribution in [0.25, 0.3) is 11.3 Å². The van der Waals surface area contributed by atoms with Crippen LogP contribution in [-0.4, -0.2) is 16.5 Å². The number of nitrogens with zero attached hydrogens (tertiary/aromatic N) is 2. The van der Waals surface area contributed by atoms with E-state index in [0.29, 0.717) is 12.0 Å². The Balaban J connectivity index is 2.59. The van der Waals surface area contributed by atoms with E-state index in [2.05, 4.69) is 10.2 Å². The van der Waals surface area contributed by atoms with Crippen molar-refractivity contribution >= 4 is 6.29 Å². The molecular weight excluding hydrogens is 195 g/mol. The predicted molar refractivity (Wildman–Crippen MR) is 52.8 cm³/mol. The van der Waals surface area contributed by atoms with Gasteiger partial charge in [-0.2, -0.15) is 10.2 Å². The Bertz CT molecular complexity index is 485. The lowest BCUT2D eigenvalue weighted by atomic mass is 10.1. The fraction of sp³-hybridized carbons (Fsp3) is 0. The molecule has 2 aromatic rings. The van der Waals surface area contributed by atoms with Gasteiger partial charge in [0.15, 0.2) is 6.29 Å². The molecule has 0 aliphatic heterocycles. The number of hydrogen-bond donors (Lipinski definition) is 0. The molecule has 0 fully saturated rings. The molecule has 2 rings (SSSR count). The number of carbonyl (C=O) groups excluding carboxylic acids is 1. The van der Waals surface area contributed by atoms with Gasteiger partial charge < -0.3 is 0 Å². The van der Waals surface area contributed by atoms with E-state index in [1.54, 1.807) is 24.3 Å². The Morgan fingerprint density at radius 1 is 1.20 bits per heavy atom. The topological polar surface area (TPSA) is 42.9 Å². The van der Waals surface area contributed by atoms with Gasteiger partial charge in [0.25, 0.3) is 0 Å². The maximum Gasteiger partial charge on any atom is 0.153 e. The van der Waals surface area contributed by atoms with Crippen molar-refractivity contribution in [1.82, 2.24) is 10.2 Å². The quantitative estimate of drug-likeness (QED) is 0.700. The summed E-state index contributed by atoms with van der Waals surface area (Å²) in [5.41, 5.74) is 0.726. The average molecular weight is 202 g/mol. The molecular formula is C11H7FN2O. The summed E-state index contributed by atoms with van der Waals surface area (Å²) in [7, 11) is 0. The summed E-state index contributed by atoms with van der Waals surface area (Å²) in [6, 6.07) is 7.89. The predicted octanol–water partition coefficient (Wildman–Crippen LogP) is 2.10. The fourth-order valence-electron chi connectivity index (χ4n) is 1.28. The second-order valence-electron chi connectivity index (χ2n) is 2.94. The van der Waals surface area contributed by atoms with Crippen LogP contribution in [0.2, 0.25) is 0 Å². The molecule has 0 radical (unpaired) electrons. The van der Waals surface area contributed by atoms with Crippen LogP contribution in [0.15, 0.2) is 36.5 Å². The molecule has 15 heavy (non-hydrogen) atoms. The summed E-state index contributed by atoms with van der Waals surface area (Å²) in [5.74, 6) is -0.562. The van der Waals surface area contributed by atoms with Crippen molar-refractivity contribution in [3.63, 3.8) is 0 Å². The fourth-order valence-corrected chi connectivity index (χ4v) is 1.28. The van der Waals surface area contributed by atoms with Crippen molar-refractivity contribution in [2.75, 3.05) is 0 Å². The molecule has 1 aromatic heterocycles. The molecule has 3 nitrogen and oxygen atoms in total. The number of hydrogen-bond acceptors (Lipinski definition) is 3. The molecule has 0 aliphatic carbocycles. The van der Waals surface area contributed by atoms with Gasteiger partial charge in [-0.05, 0) is 24.3 Å². The molecule has 0 saturated heterocycles. The normalized spacial score (nSPS) is 9.93. The Hall–Kier alpha value is -2.10. The first-order valence-electron chi connectivity index (χ1n) is 4.34. The van der Waals surface area contributed by atoms with Crippen LogP contribution in [0.4, 0.5) is 4.39 Å². The molecule has 0 N–H and O–H groups in total. The number of benzene rings is 1. The number of carbonyl (C=O) groups is 1. The van der Waals surface area contributed by atoms with E-state index in [0.717, 1.165) is 0 Å². The van der Waals surface area contributed by atoms with Gasteiger partial charge in [0, 0.05) is 11.8 Å². The monoisotopic (exact) mass is 202 g/mol. The van der Waals surface area contributed by atoms with Crippen LogP contribution in [0.1, 0.15) is 10.4 Å². The van der Waals surface area contributed by atoms with Gasteiger partial charge in [-0.25, -0.2) is 4.39 Å². The highest BCUT2D eigenvalue weighted by Gasteiger charge is 2.09. The number of halogens is 1. The summed E-state index contributed by atoms with van der Waals surface area (Å²) in [6.45, 7) is 0. The Morgan fingerprint density at radius 3 is 2.73 bits per heavy atom. The highest BCUT2D eigenvalue weighted by atomic mass is 19.1. The maximum atomic E-state index is 13.7. The minimum Gasteiger partial charge on any atom is -0.298 e. The molecule has 0 bridgehead atoms. The third-order valence-electron chi connectivity index (χ3n) is 2.00. The van der Waals surface area contributed by atoms with E-state index in [1.165, 1.54) is 12.3 Å². The standard InChI is InChI=1S/C11H7FN2O/c12-11-8(7-15)3-1-4-9(11)10-5-2-6-13-14-10/h1-7H. The van der Waals surface area contributed by atoms with Gasteiger partial charge >= 0.3 is 0 Å². The first-order valence-corrected chi connectivity index (χ1v) is 4.34. The molecule has 1 heterocycles. The van der Waals surface area contributed by atoms with Crippen molar-refractivity contribution in [2.45, 2.75) is 0 Å². The minimum absolute atomic E-state index is 0.0261. The van der Waals surface area contributed by atoms with E-state index < -0.39 is 5.82 Å². The summed E-state index contributed by atoms with van der Waals surface area (Å²) in [5, 5.41) is 7.43. The third-order valence-corrected chi connectivity index (χ3v) is 2.00. The molecule has 0 saturated carbocycles. The molecule has 1 aromatic carbocycles. The first-order chi connectivity index (χ1) is 7.33. The van der Waals surface area contributed by atoms with Crippen LogP contribution >= 0.6 is 0 Å². The van der Waals surface area contributed by atoms with Crippen LogP contribution in [0.3, 0.4) is 0 Å². The number of aldehydes is 1. The van der Waals surface area contributed by atoms with Crippen molar-refractivity contribution < 1.29 is 9.18 Å². The Morgan fingerprint density at radius 2 is 2.07 bits per heavy atom. The summed E-state index contributed by atoms with van der Waals surface area (Å²) in [4.78, 5) is 10.5. The van der Waals surface area contributed by atoms with Crippen LogP contribution < -0.4 is 0 Å². The number of rotatable bonds is 2. The largest absolute Gasteiger partial charge is 0.298 e. The lowest BCUT2D eigenvalue weighted by Gasteiger charge is -2.02. The first kappa shape index (κ1) is 9.45. The van der Waals surface area contributed by atoms with E-state index in [-0.39, 0.29) is 11.1 Å². The third kappa shape index (κ3) is 1.74. The number of aromatic nitrogens is 2. The van der Waals surface area contributed by atoms with Gasteiger partial charge in [0.2, 0.25) is 0 Å². The zero-order chi connectivity index (χ0) is 10.7. The van der Waals surface area contributed by atoms with Crippen LogP contribution in [0, 0.1) is 5.82 Å². The smallest absolute Gasteiger partial charge is 0.153 e. The van der Waals surface area contributed by atoms with Crippen molar-refractivity contribution in [3.05, 3.63) is 47.9 Å². The van der Waals surface area contributed by atoms with Crippen molar-refractivity contribution in [2.24, 2.45) is 0 Å². The Kier molecular flexibility index (Phi) is 2.49. The van der Waals surface area contributed by atoms with Gasteiger partial charge in [-0.3, -0.25) is 4.79 Å². The lowest BCUT2D eigenvalue weighted by Crippen LogP contribution is -1.94. The summed E-state index contributed by atoms with van der Waals surface area (Å²) >= 11 is 0. The highest BCUT2D eigenvalue weighted by Crippen LogP contribution is 2.21. The molecule has 0 amide bonds. The molecule has 0 spiro atoms. The van der Waals surface area contributed by atoms with E-state index in [9.17, 15) is 9.18 Å². The summed E-state index contributed by atoms with van der Waals surface area (Å²) < 4.78 is 13.7. The molecule has 74 valence electrons. The van der Waals surface area contributed by atoms with E-state index in [1.807, 2.05) is 0 Å². The van der Waals surface area contributed by atoms with Crippen LogP contribution in [0.5, 0.6) is 0 Å².